The van der Waals surface area contributed by atoms with Crippen LogP contribution in [0.5, 0.6) is 0 Å². The number of anilines is 1. The van der Waals surface area contributed by atoms with Crippen molar-refractivity contribution in [1.82, 2.24) is 24.5 Å². The largest absolute Gasteiger partial charge is 0.369 e. The van der Waals surface area contributed by atoms with Crippen molar-refractivity contribution in [2.45, 2.75) is 19.9 Å². The highest BCUT2D eigenvalue weighted by Gasteiger charge is 2.17. The molecule has 0 saturated heterocycles. The fourth-order valence-corrected chi connectivity index (χ4v) is 2.13. The zero-order chi connectivity index (χ0) is 12.7. The van der Waals surface area contributed by atoms with E-state index >= 15 is 0 Å². The quantitative estimate of drug-likeness (QED) is 0.743. The molecule has 7 heteroatoms. The summed E-state index contributed by atoms with van der Waals surface area (Å²) in [6.07, 6.45) is 2.44. The molecule has 3 heterocycles. The van der Waals surface area contributed by atoms with Crippen LogP contribution in [-0.2, 0) is 20.0 Å². The summed E-state index contributed by atoms with van der Waals surface area (Å²) < 4.78 is 8.78. The molecule has 0 unspecified atom stereocenters. The van der Waals surface area contributed by atoms with Crippen LogP contribution in [0.25, 0.3) is 11.2 Å². The predicted octanol–water partition coefficient (Wildman–Crippen LogP) is 0.951. The van der Waals surface area contributed by atoms with E-state index in [9.17, 15) is 0 Å². The fourth-order valence-electron chi connectivity index (χ4n) is 2.13. The third kappa shape index (κ3) is 1.47. The second kappa shape index (κ2) is 3.86. The first-order valence-electron chi connectivity index (χ1n) is 5.77. The summed E-state index contributed by atoms with van der Waals surface area (Å²) in [5.74, 6) is 1.20. The van der Waals surface area contributed by atoms with Gasteiger partial charge in [-0.3, -0.25) is 9.25 Å². The van der Waals surface area contributed by atoms with Gasteiger partial charge in [-0.15, -0.1) is 0 Å². The normalized spacial score (nSPS) is 11.4. The molecule has 18 heavy (non-hydrogen) atoms. The third-order valence-corrected chi connectivity index (χ3v) is 2.96. The summed E-state index contributed by atoms with van der Waals surface area (Å²) >= 11 is 0. The maximum atomic E-state index is 5.96. The molecule has 0 bridgehead atoms. The Morgan fingerprint density at radius 2 is 2.28 bits per heavy atom. The molecule has 7 nitrogen and oxygen atoms in total. The molecule has 0 aliphatic heterocycles. The molecule has 3 rings (SSSR count). The third-order valence-electron chi connectivity index (χ3n) is 2.96. The van der Waals surface area contributed by atoms with Gasteiger partial charge in [0.05, 0.1) is 18.4 Å². The van der Waals surface area contributed by atoms with Crippen molar-refractivity contribution in [3.05, 3.63) is 23.7 Å². The van der Waals surface area contributed by atoms with E-state index in [1.54, 1.807) is 10.9 Å². The summed E-state index contributed by atoms with van der Waals surface area (Å²) in [5, 5.41) is 8.12. The highest BCUT2D eigenvalue weighted by molar-refractivity contribution is 5.77. The molecule has 0 amide bonds. The van der Waals surface area contributed by atoms with Gasteiger partial charge in [-0.25, -0.2) is 4.98 Å². The molecular formula is C11H14N6O. The van der Waals surface area contributed by atoms with Crippen LogP contribution in [0.4, 0.5) is 5.95 Å². The Balaban J connectivity index is 2.16. The van der Waals surface area contributed by atoms with Gasteiger partial charge >= 0.3 is 0 Å². The topological polar surface area (TPSA) is 87.7 Å². The first kappa shape index (κ1) is 10.8. The molecule has 0 aliphatic carbocycles. The molecular weight excluding hydrogens is 232 g/mol. The van der Waals surface area contributed by atoms with Crippen LogP contribution in [0.1, 0.15) is 18.4 Å². The van der Waals surface area contributed by atoms with Gasteiger partial charge < -0.3 is 10.3 Å². The Morgan fingerprint density at radius 3 is 2.94 bits per heavy atom. The van der Waals surface area contributed by atoms with E-state index in [2.05, 4.69) is 15.2 Å². The SMILES string of the molecule is CCc1nn(C)c2c1nc(N)n2Cc1ccno1. The number of hydrogen-bond acceptors (Lipinski definition) is 5. The summed E-state index contributed by atoms with van der Waals surface area (Å²) in [5.41, 5.74) is 8.67. The van der Waals surface area contributed by atoms with Crippen molar-refractivity contribution in [2.24, 2.45) is 7.05 Å². The Bertz CT molecular complexity index is 678. The van der Waals surface area contributed by atoms with E-state index in [0.717, 1.165) is 29.0 Å². The lowest BCUT2D eigenvalue weighted by Crippen LogP contribution is -2.07. The molecule has 0 atom stereocenters. The zero-order valence-electron chi connectivity index (χ0n) is 10.3. The van der Waals surface area contributed by atoms with Gasteiger partial charge in [0.15, 0.2) is 11.4 Å². The Hall–Kier alpha value is -2.31. The van der Waals surface area contributed by atoms with Crippen molar-refractivity contribution in [3.8, 4) is 0 Å². The Morgan fingerprint density at radius 1 is 1.44 bits per heavy atom. The van der Waals surface area contributed by atoms with Gasteiger partial charge in [0.2, 0.25) is 5.95 Å². The van der Waals surface area contributed by atoms with Gasteiger partial charge in [-0.2, -0.15) is 5.10 Å². The van der Waals surface area contributed by atoms with Crippen molar-refractivity contribution in [2.75, 3.05) is 5.73 Å². The molecule has 0 fully saturated rings. The van der Waals surface area contributed by atoms with E-state index in [0.29, 0.717) is 12.5 Å². The molecule has 2 N–H and O–H groups in total. The average Bonchev–Trinajstić information content (AvgIpc) is 3.01. The van der Waals surface area contributed by atoms with E-state index in [4.69, 9.17) is 10.3 Å². The van der Waals surface area contributed by atoms with Crippen molar-refractivity contribution >= 4 is 17.1 Å². The molecule has 0 radical (unpaired) electrons. The van der Waals surface area contributed by atoms with Crippen LogP contribution in [0.3, 0.4) is 0 Å². The first-order valence-corrected chi connectivity index (χ1v) is 5.77. The molecule has 3 aromatic heterocycles. The number of imidazole rings is 1. The van der Waals surface area contributed by atoms with Gasteiger partial charge in [0, 0.05) is 13.1 Å². The molecule has 0 saturated carbocycles. The maximum Gasteiger partial charge on any atom is 0.202 e. The molecule has 0 spiro atoms. The highest BCUT2D eigenvalue weighted by Crippen LogP contribution is 2.22. The minimum Gasteiger partial charge on any atom is -0.369 e. The van der Waals surface area contributed by atoms with Crippen LogP contribution in [0, 0.1) is 0 Å². The lowest BCUT2D eigenvalue weighted by atomic mass is 10.3. The number of aromatic nitrogens is 5. The van der Waals surface area contributed by atoms with Crippen LogP contribution < -0.4 is 5.73 Å². The average molecular weight is 246 g/mol. The van der Waals surface area contributed by atoms with E-state index in [1.165, 1.54) is 0 Å². The highest BCUT2D eigenvalue weighted by atomic mass is 16.5. The molecule has 94 valence electrons. The Labute approximate surface area is 103 Å². The second-order valence-corrected chi connectivity index (χ2v) is 4.13. The van der Waals surface area contributed by atoms with Crippen molar-refractivity contribution < 1.29 is 4.52 Å². The number of nitrogen functional groups attached to an aromatic ring is 1. The van der Waals surface area contributed by atoms with Crippen LogP contribution in [-0.4, -0.2) is 24.5 Å². The minimum absolute atomic E-state index is 0.462. The monoisotopic (exact) mass is 246 g/mol. The minimum atomic E-state index is 0.462. The first-order chi connectivity index (χ1) is 8.70. The summed E-state index contributed by atoms with van der Waals surface area (Å²) in [6.45, 7) is 2.55. The number of rotatable bonds is 3. The smallest absolute Gasteiger partial charge is 0.202 e. The molecule has 0 aromatic carbocycles. The Kier molecular flexibility index (Phi) is 2.32. The van der Waals surface area contributed by atoms with Crippen molar-refractivity contribution in [1.29, 1.82) is 0 Å². The summed E-state index contributed by atoms with van der Waals surface area (Å²) in [7, 11) is 1.89. The van der Waals surface area contributed by atoms with Gasteiger partial charge in [-0.1, -0.05) is 12.1 Å². The van der Waals surface area contributed by atoms with Crippen LogP contribution in [0.2, 0.25) is 0 Å². The summed E-state index contributed by atoms with van der Waals surface area (Å²) in [4.78, 5) is 4.38. The van der Waals surface area contributed by atoms with Crippen LogP contribution in [0.15, 0.2) is 16.8 Å². The molecule has 3 aromatic rings. The van der Waals surface area contributed by atoms with E-state index in [1.807, 2.05) is 24.6 Å². The van der Waals surface area contributed by atoms with E-state index < -0.39 is 0 Å². The summed E-state index contributed by atoms with van der Waals surface area (Å²) in [6, 6.07) is 1.81. The lowest BCUT2D eigenvalue weighted by Gasteiger charge is -2.03. The number of nitrogens with zero attached hydrogens (tertiary/aromatic N) is 5. The van der Waals surface area contributed by atoms with Crippen LogP contribution >= 0.6 is 0 Å². The van der Waals surface area contributed by atoms with Gasteiger partial charge in [0.1, 0.15) is 5.52 Å². The number of fused-ring (bicyclic) bond motifs is 1. The fraction of sp³-hybridized carbons (Fsp3) is 0.364. The van der Waals surface area contributed by atoms with Gasteiger partial charge in [0.25, 0.3) is 0 Å². The van der Waals surface area contributed by atoms with E-state index in [-0.39, 0.29) is 0 Å². The standard InChI is InChI=1S/C11H14N6O/c1-3-8-9-10(16(2)15-8)17(11(12)14-9)6-7-4-5-13-18-7/h4-5H,3,6H2,1-2H3,(H2,12,14). The molecule has 0 aliphatic rings. The predicted molar refractivity (Wildman–Crippen MR) is 65.9 cm³/mol. The second-order valence-electron chi connectivity index (χ2n) is 4.13. The van der Waals surface area contributed by atoms with Crippen molar-refractivity contribution in [3.63, 3.8) is 0 Å². The zero-order valence-corrected chi connectivity index (χ0v) is 10.3. The number of nitrogens with two attached hydrogens (primary N) is 1. The maximum absolute atomic E-state index is 5.96. The number of hydrogen-bond donors (Lipinski definition) is 1. The lowest BCUT2D eigenvalue weighted by molar-refractivity contribution is 0.377. The number of aryl methyl sites for hydroxylation is 2. The van der Waals surface area contributed by atoms with Gasteiger partial charge in [-0.05, 0) is 6.42 Å².